The van der Waals surface area contributed by atoms with E-state index in [2.05, 4.69) is 26.1 Å². The van der Waals surface area contributed by atoms with Crippen molar-refractivity contribution in [3.05, 3.63) is 11.1 Å². The fourth-order valence-electron chi connectivity index (χ4n) is 16.7. The number of aliphatic hydroxyl groups excluding tert-OH is 2. The van der Waals surface area contributed by atoms with Crippen LogP contribution in [0.5, 0.6) is 0 Å². The van der Waals surface area contributed by atoms with E-state index in [1.165, 1.54) is 19.3 Å². The number of aliphatic hydroxyl groups is 4. The Bertz CT molecular complexity index is 1580. The molecule has 0 aromatic heterocycles. The van der Waals surface area contributed by atoms with Gasteiger partial charge in [-0.15, -0.1) is 0 Å². The van der Waals surface area contributed by atoms with E-state index >= 15 is 4.79 Å². The van der Waals surface area contributed by atoms with Gasteiger partial charge in [0.25, 0.3) is 0 Å². The maximum atomic E-state index is 15.1. The molecule has 9 nitrogen and oxygen atoms in total. The summed E-state index contributed by atoms with van der Waals surface area (Å²) < 4.78 is 14.1. The van der Waals surface area contributed by atoms with Gasteiger partial charge in [-0.05, 0) is 155 Å². The first-order valence-electron chi connectivity index (χ1n) is 24.0. The first kappa shape index (κ1) is 41.4. The molecule has 3 heterocycles. The molecule has 3 saturated heterocycles. The van der Waals surface area contributed by atoms with Gasteiger partial charge in [0.1, 0.15) is 24.0 Å². The van der Waals surface area contributed by atoms with Crippen molar-refractivity contribution in [3.8, 4) is 0 Å². The number of piperidine rings is 1. The average Bonchev–Trinajstić information content (AvgIpc) is 3.96. The van der Waals surface area contributed by atoms with Gasteiger partial charge in [-0.1, -0.05) is 53.4 Å². The van der Waals surface area contributed by atoms with Gasteiger partial charge in [0.2, 0.25) is 0 Å². The Kier molecular flexibility index (Phi) is 10.6. The van der Waals surface area contributed by atoms with Crippen LogP contribution in [-0.2, 0) is 14.3 Å². The molecule has 57 heavy (non-hydrogen) atoms. The van der Waals surface area contributed by atoms with Gasteiger partial charge >= 0.3 is 0 Å². The number of rotatable bonds is 13. The summed E-state index contributed by atoms with van der Waals surface area (Å²) in [4.78, 5) is 15.1. The van der Waals surface area contributed by atoms with E-state index in [9.17, 15) is 20.4 Å². The standard InChI is InChI=1S/C48H78N2O7/c1-6-7-8-9-17-46-31-11-10-30-26-44(4)36(23-32-12-13-34(39(38(30)46)48(32,44)55)40(53)35(46)24-33(52)22-31)47(25-28(2)16-20-56-47)42-41(57-42)45(5,54)43(3,27-51)18-14-29-15-19-50-37(49)21-29/h28-33,35-38,41-42,50-52,54-55H,6-27,49H2,1-5H3/p+1/t28-,29?,30+,31+,32-,33+,35+,36+,37?,38+,41+,42-,43+,44-,45+,46+,47+,48-/m1/s1. The average molecular weight is 796 g/mol. The van der Waals surface area contributed by atoms with Gasteiger partial charge in [-0.2, -0.15) is 0 Å². The molecule has 0 aromatic carbocycles. The van der Waals surface area contributed by atoms with Crippen molar-refractivity contribution in [1.29, 1.82) is 0 Å². The van der Waals surface area contributed by atoms with E-state index in [-0.39, 0.29) is 53.7 Å². The smallest absolute Gasteiger partial charge is 0.162 e. The zero-order chi connectivity index (χ0) is 40.3. The lowest BCUT2D eigenvalue weighted by atomic mass is 9.35. The molecule has 0 spiro atoms. The van der Waals surface area contributed by atoms with Crippen LogP contribution in [0.2, 0.25) is 0 Å². The van der Waals surface area contributed by atoms with E-state index in [0.717, 1.165) is 108 Å². The summed E-state index contributed by atoms with van der Waals surface area (Å²) in [5.41, 5.74) is 3.87. The number of Topliss-reactive ketones (excluding diaryl/α,β-unsaturated/α-hetero) is 1. The molecular weight excluding hydrogens is 717 g/mol. The third-order valence-electron chi connectivity index (χ3n) is 19.8. The number of hydrogen-bond acceptors (Lipinski definition) is 8. The molecule has 9 rings (SSSR count). The highest BCUT2D eigenvalue weighted by Crippen LogP contribution is 2.78. The topological polar surface area (TPSA) is 162 Å². The molecule has 9 aliphatic rings. The Morgan fingerprint density at radius 2 is 1.81 bits per heavy atom. The van der Waals surface area contributed by atoms with Gasteiger partial charge < -0.3 is 35.2 Å². The van der Waals surface area contributed by atoms with Crippen molar-refractivity contribution >= 4 is 5.78 Å². The zero-order valence-electron chi connectivity index (χ0n) is 36.2. The largest absolute Gasteiger partial charge is 0.396 e. The van der Waals surface area contributed by atoms with Crippen LogP contribution < -0.4 is 11.1 Å². The number of hydrogen-bond donors (Lipinski definition) is 6. The van der Waals surface area contributed by atoms with Crippen molar-refractivity contribution < 1.29 is 40.0 Å². The lowest BCUT2D eigenvalue weighted by Gasteiger charge is -2.70. The summed E-state index contributed by atoms with van der Waals surface area (Å²) in [5.74, 6) is 1.97. The minimum Gasteiger partial charge on any atom is -0.396 e. The number of carbonyl (C=O) groups excluding carboxylic acids is 1. The van der Waals surface area contributed by atoms with Crippen LogP contribution in [0.1, 0.15) is 157 Å². The Labute approximate surface area is 343 Å². The van der Waals surface area contributed by atoms with Gasteiger partial charge in [-0.25, -0.2) is 0 Å². The number of allylic oxidation sites excluding steroid dienone is 1. The minimum atomic E-state index is -1.29. The number of epoxide rings is 1. The molecule has 0 bridgehead atoms. The normalized spacial score (nSPS) is 50.9. The third-order valence-corrected chi connectivity index (χ3v) is 19.8. The van der Waals surface area contributed by atoms with Gasteiger partial charge in [0.05, 0.1) is 30.5 Å². The molecule has 2 unspecified atom stereocenters. The van der Waals surface area contributed by atoms with Crippen LogP contribution in [0.15, 0.2) is 11.1 Å². The van der Waals surface area contributed by atoms with Crippen molar-refractivity contribution in [1.82, 2.24) is 0 Å². The monoisotopic (exact) mass is 796 g/mol. The third kappa shape index (κ3) is 5.91. The molecule has 0 aromatic rings. The molecule has 322 valence electrons. The Morgan fingerprint density at radius 1 is 1.00 bits per heavy atom. The van der Waals surface area contributed by atoms with E-state index < -0.39 is 39.8 Å². The molecular formula is C48H79N2O7+. The Balaban J connectivity index is 1.08. The van der Waals surface area contributed by atoms with Crippen LogP contribution in [-0.4, -0.2) is 87.2 Å². The van der Waals surface area contributed by atoms with E-state index in [1.807, 2.05) is 13.8 Å². The molecule has 8 N–H and O–H groups in total. The first-order chi connectivity index (χ1) is 27.1. The predicted molar refractivity (Wildman–Crippen MR) is 218 cm³/mol. The first-order valence-corrected chi connectivity index (χ1v) is 24.0. The number of ether oxygens (including phenoxy) is 2. The quantitative estimate of drug-likeness (QED) is 0.105. The fourth-order valence-corrected chi connectivity index (χ4v) is 16.7. The van der Waals surface area contributed by atoms with Gasteiger partial charge in [0, 0.05) is 29.8 Å². The SMILES string of the molecule is CCCCCC[C@@]12[C@H]3CC[C@H]4C[C@]5(C)[C@@H]([C@]6([C@@H]7O[C@@H]7[C@](C)(O)[C@](C)(CO)CCC7CC[NH2+]C(N)C7)C[C@H](C)CCO6)C[C@H]6CCC(=C([C@H]41)[C@]65O)C(=O)[C@@H]2C[C@@H](O)C3. The summed E-state index contributed by atoms with van der Waals surface area (Å²) in [5, 5.41) is 51.2. The summed E-state index contributed by atoms with van der Waals surface area (Å²) in [6.45, 7) is 12.4. The summed E-state index contributed by atoms with van der Waals surface area (Å²) in [7, 11) is 0. The van der Waals surface area contributed by atoms with Crippen molar-refractivity contribution in [2.45, 2.75) is 198 Å². The van der Waals surface area contributed by atoms with Crippen molar-refractivity contribution in [2.75, 3.05) is 19.8 Å². The van der Waals surface area contributed by atoms with Crippen LogP contribution in [0.25, 0.3) is 0 Å². The fraction of sp³-hybridized carbons (Fsp3) is 0.938. The number of nitrogens with two attached hydrogens (primary N) is 2. The molecule has 4 saturated carbocycles. The summed E-state index contributed by atoms with van der Waals surface area (Å²) in [6, 6.07) is 0. The summed E-state index contributed by atoms with van der Waals surface area (Å²) in [6.07, 6.45) is 16.9. The van der Waals surface area contributed by atoms with Crippen LogP contribution in [0, 0.1) is 63.6 Å². The van der Waals surface area contributed by atoms with Crippen LogP contribution in [0.4, 0.5) is 0 Å². The zero-order valence-corrected chi connectivity index (χ0v) is 36.2. The van der Waals surface area contributed by atoms with Crippen LogP contribution >= 0.6 is 0 Å². The van der Waals surface area contributed by atoms with E-state index in [0.29, 0.717) is 43.1 Å². The molecule has 18 atom stereocenters. The maximum absolute atomic E-state index is 15.1. The number of ketones is 1. The maximum Gasteiger partial charge on any atom is 0.162 e. The second-order valence-corrected chi connectivity index (χ2v) is 22.6. The van der Waals surface area contributed by atoms with Crippen LogP contribution in [0.3, 0.4) is 0 Å². The van der Waals surface area contributed by atoms with Gasteiger partial charge in [0.15, 0.2) is 5.78 Å². The van der Waals surface area contributed by atoms with Crippen molar-refractivity contribution in [3.63, 3.8) is 0 Å². The predicted octanol–water partition coefficient (Wildman–Crippen LogP) is 5.55. The highest BCUT2D eigenvalue weighted by molar-refractivity contribution is 6.00. The Hall–Kier alpha value is -0.910. The van der Waals surface area contributed by atoms with Crippen molar-refractivity contribution in [2.24, 2.45) is 69.3 Å². The highest BCUT2D eigenvalue weighted by Gasteiger charge is 2.80. The van der Waals surface area contributed by atoms with E-state index in [1.54, 1.807) is 0 Å². The van der Waals surface area contributed by atoms with Gasteiger partial charge in [-0.3, -0.25) is 10.5 Å². The van der Waals surface area contributed by atoms with E-state index in [4.69, 9.17) is 15.2 Å². The lowest BCUT2D eigenvalue weighted by Crippen LogP contribution is -2.94. The second-order valence-electron chi connectivity index (χ2n) is 22.6. The Morgan fingerprint density at radius 3 is 2.54 bits per heavy atom. The molecule has 6 aliphatic carbocycles. The summed E-state index contributed by atoms with van der Waals surface area (Å²) >= 11 is 0. The number of unbranched alkanes of at least 4 members (excludes halogenated alkanes) is 3. The molecule has 0 radical (unpaired) electrons. The highest BCUT2D eigenvalue weighted by atomic mass is 16.6. The molecule has 9 heteroatoms. The molecule has 0 amide bonds. The second kappa shape index (κ2) is 14.6. The number of carbonyl (C=O) groups is 1. The lowest BCUT2D eigenvalue weighted by molar-refractivity contribution is -0.699. The molecule has 3 aliphatic heterocycles. The minimum absolute atomic E-state index is 0.000871. The number of quaternary nitrogens is 1. The molecule has 7 fully saturated rings.